The number of ether oxygens (including phenoxy) is 1. The van der Waals surface area contributed by atoms with Crippen LogP contribution in [-0.2, 0) is 19.7 Å². The number of quaternary nitrogens is 1. The molecule has 4 heterocycles. The van der Waals surface area contributed by atoms with Gasteiger partial charge in [0, 0.05) is 18.8 Å². The van der Waals surface area contributed by atoms with Crippen LogP contribution in [0.3, 0.4) is 0 Å². The Balaban J connectivity index is 1.17. The number of amides is 1. The molecular weight excluding hydrogens is 466 g/mol. The number of nitrogens with one attached hydrogen (secondary N) is 1. The average molecular weight is 503 g/mol. The first-order valence-electron chi connectivity index (χ1n) is 13.8. The lowest BCUT2D eigenvalue weighted by Gasteiger charge is -2.52. The Bertz CT molecular complexity index is 1250. The lowest BCUT2D eigenvalue weighted by molar-refractivity contribution is -0.939. The highest BCUT2D eigenvalue weighted by Gasteiger charge is 2.51. The fraction of sp³-hybridized carbons (Fsp3) is 0.500. The molecule has 1 aromatic heterocycles. The molecule has 7 heteroatoms. The van der Waals surface area contributed by atoms with Crippen LogP contribution in [0.1, 0.15) is 56.9 Å². The maximum Gasteiger partial charge on any atom is 0.317 e. The quantitative estimate of drug-likeness (QED) is 0.284. The first-order valence-corrected chi connectivity index (χ1v) is 13.8. The fourth-order valence-corrected chi connectivity index (χ4v) is 6.98. The van der Waals surface area contributed by atoms with Crippen molar-refractivity contribution in [1.82, 2.24) is 5.16 Å². The third kappa shape index (κ3) is 4.65. The molecule has 7 rings (SSSR count). The number of carbonyl (C=O) groups excluding carboxylic acids is 2. The Kier molecular flexibility index (Phi) is 6.49. The van der Waals surface area contributed by atoms with Crippen molar-refractivity contribution < 1.29 is 23.3 Å². The van der Waals surface area contributed by atoms with E-state index in [1.165, 1.54) is 12.8 Å². The molecular formula is C30H36N3O4+. The summed E-state index contributed by atoms with van der Waals surface area (Å²) in [6.45, 7) is 2.94. The molecule has 1 atom stereocenters. The van der Waals surface area contributed by atoms with Crippen LogP contribution in [0, 0.1) is 5.92 Å². The Morgan fingerprint density at radius 1 is 0.973 bits per heavy atom. The van der Waals surface area contributed by atoms with Gasteiger partial charge in [-0.05, 0) is 30.5 Å². The van der Waals surface area contributed by atoms with Crippen molar-refractivity contribution in [2.24, 2.45) is 5.92 Å². The highest BCUT2D eigenvalue weighted by Crippen LogP contribution is 2.42. The molecule has 1 amide bonds. The van der Waals surface area contributed by atoms with Crippen molar-refractivity contribution in [3.8, 4) is 0 Å². The molecule has 1 N–H and O–H groups in total. The number of esters is 1. The number of para-hydroxylation sites is 1. The highest BCUT2D eigenvalue weighted by atomic mass is 16.5. The summed E-state index contributed by atoms with van der Waals surface area (Å²) in [6.07, 6.45) is 7.96. The minimum absolute atomic E-state index is 0.0592. The second-order valence-electron chi connectivity index (χ2n) is 11.3. The Morgan fingerprint density at radius 2 is 1.68 bits per heavy atom. The zero-order chi connectivity index (χ0) is 25.3. The molecule has 3 aliphatic heterocycles. The Hall–Kier alpha value is -3.19. The number of hydrogen-bond acceptors (Lipinski definition) is 5. The van der Waals surface area contributed by atoms with Crippen LogP contribution in [0.2, 0.25) is 0 Å². The van der Waals surface area contributed by atoms with Gasteiger partial charge in [-0.3, -0.25) is 9.59 Å². The van der Waals surface area contributed by atoms with Crippen molar-refractivity contribution in [3.63, 3.8) is 0 Å². The van der Waals surface area contributed by atoms with Crippen LogP contribution in [0.5, 0.6) is 0 Å². The van der Waals surface area contributed by atoms with E-state index >= 15 is 0 Å². The van der Waals surface area contributed by atoms with Crippen LogP contribution >= 0.6 is 0 Å². The van der Waals surface area contributed by atoms with Crippen molar-refractivity contribution >= 4 is 28.7 Å². The second-order valence-corrected chi connectivity index (χ2v) is 11.3. The van der Waals surface area contributed by atoms with E-state index in [1.54, 1.807) is 0 Å². The normalized spacial score (nSPS) is 26.9. The lowest BCUT2D eigenvalue weighted by atomic mass is 9.74. The van der Waals surface area contributed by atoms with Crippen molar-refractivity contribution in [1.29, 1.82) is 0 Å². The summed E-state index contributed by atoms with van der Waals surface area (Å²) < 4.78 is 12.4. The maximum atomic E-state index is 14.0. The zero-order valence-electron chi connectivity index (χ0n) is 21.4. The summed E-state index contributed by atoms with van der Waals surface area (Å²) in [7, 11) is 0. The molecule has 7 nitrogen and oxygen atoms in total. The van der Waals surface area contributed by atoms with Crippen LogP contribution in [0.4, 0.5) is 5.82 Å². The number of carbonyl (C=O) groups is 2. The van der Waals surface area contributed by atoms with E-state index in [-0.39, 0.29) is 18.0 Å². The predicted molar refractivity (Wildman–Crippen MR) is 141 cm³/mol. The summed E-state index contributed by atoms with van der Waals surface area (Å²) >= 11 is 0. The van der Waals surface area contributed by atoms with Crippen LogP contribution in [0.15, 0.2) is 59.1 Å². The van der Waals surface area contributed by atoms with E-state index in [4.69, 9.17) is 9.26 Å². The van der Waals surface area contributed by atoms with Gasteiger partial charge in [-0.25, -0.2) is 0 Å². The zero-order valence-corrected chi connectivity index (χ0v) is 21.4. The van der Waals surface area contributed by atoms with Gasteiger partial charge < -0.3 is 19.1 Å². The number of aromatic nitrogens is 1. The third-order valence-corrected chi connectivity index (χ3v) is 9.09. The summed E-state index contributed by atoms with van der Waals surface area (Å²) in [5, 5.41) is 7.82. The van der Waals surface area contributed by atoms with Crippen LogP contribution in [-0.4, -0.2) is 53.8 Å². The van der Waals surface area contributed by atoms with Crippen molar-refractivity contribution in [2.45, 2.75) is 62.9 Å². The smallest absolute Gasteiger partial charge is 0.317 e. The van der Waals surface area contributed by atoms with E-state index in [2.05, 4.69) is 22.6 Å². The van der Waals surface area contributed by atoms with Crippen LogP contribution < -0.4 is 5.32 Å². The Labute approximate surface area is 217 Å². The fourth-order valence-electron chi connectivity index (χ4n) is 6.98. The second kappa shape index (κ2) is 9.93. The largest absolute Gasteiger partial charge is 0.455 e. The molecule has 0 spiro atoms. The van der Waals surface area contributed by atoms with Crippen LogP contribution in [0.25, 0.3) is 11.0 Å². The standard InChI is InChI=1S/C30H35N3O4/c34-27(31-28-24-12-6-7-13-25(24)37-32-28)21-33-18-14-22(15-19-33)26(20-33)36-29(35)30(16-8-1-2-9-17-30)23-10-4-3-5-11-23/h3-7,10-13,22,26H,1-2,8-9,14-21H2/p+1/t22?,26-,33?/m0/s1. The van der Waals surface area contributed by atoms with Gasteiger partial charge >= 0.3 is 5.97 Å². The third-order valence-electron chi connectivity index (χ3n) is 9.09. The number of piperidine rings is 3. The lowest BCUT2D eigenvalue weighted by Crippen LogP contribution is -2.66. The molecule has 0 unspecified atom stereocenters. The summed E-state index contributed by atoms with van der Waals surface area (Å²) in [5.41, 5.74) is 1.19. The molecule has 1 saturated carbocycles. The number of anilines is 1. The van der Waals surface area contributed by atoms with Gasteiger partial charge in [0.05, 0.1) is 23.9 Å². The molecule has 3 saturated heterocycles. The van der Waals surface area contributed by atoms with Gasteiger partial charge in [0.1, 0.15) is 6.54 Å². The van der Waals surface area contributed by atoms with E-state index in [0.29, 0.717) is 34.9 Å². The van der Waals surface area contributed by atoms with Gasteiger partial charge in [-0.2, -0.15) is 0 Å². The predicted octanol–water partition coefficient (Wildman–Crippen LogP) is 5.21. The first-order chi connectivity index (χ1) is 18.1. The van der Waals surface area contributed by atoms with E-state index in [9.17, 15) is 9.59 Å². The molecule has 2 aromatic carbocycles. The molecule has 1 aliphatic carbocycles. The van der Waals surface area contributed by atoms with E-state index < -0.39 is 5.41 Å². The van der Waals surface area contributed by atoms with Gasteiger partial charge in [-0.1, -0.05) is 73.3 Å². The monoisotopic (exact) mass is 502 g/mol. The number of fused-ring (bicyclic) bond motifs is 4. The number of rotatable bonds is 6. The highest BCUT2D eigenvalue weighted by molar-refractivity contribution is 5.99. The molecule has 3 aromatic rings. The molecule has 0 radical (unpaired) electrons. The Morgan fingerprint density at radius 3 is 2.43 bits per heavy atom. The molecule has 194 valence electrons. The summed E-state index contributed by atoms with van der Waals surface area (Å²) in [6, 6.07) is 17.8. The summed E-state index contributed by atoms with van der Waals surface area (Å²) in [4.78, 5) is 27.1. The number of nitrogens with zero attached hydrogens (tertiary/aromatic N) is 2. The molecule has 4 aliphatic rings. The number of hydrogen-bond donors (Lipinski definition) is 1. The van der Waals surface area contributed by atoms with Crippen molar-refractivity contribution in [2.75, 3.05) is 31.5 Å². The molecule has 4 fully saturated rings. The summed E-state index contributed by atoms with van der Waals surface area (Å²) in [5.74, 6) is 0.710. The van der Waals surface area contributed by atoms with Gasteiger partial charge in [0.2, 0.25) is 0 Å². The van der Waals surface area contributed by atoms with E-state index in [1.807, 2.05) is 42.5 Å². The van der Waals surface area contributed by atoms with Gasteiger partial charge in [0.15, 0.2) is 24.0 Å². The van der Waals surface area contributed by atoms with Gasteiger partial charge in [-0.15, -0.1) is 0 Å². The molecule has 2 bridgehead atoms. The number of benzene rings is 2. The average Bonchev–Trinajstić information content (AvgIpc) is 3.15. The molecule has 37 heavy (non-hydrogen) atoms. The maximum absolute atomic E-state index is 14.0. The minimum Gasteiger partial charge on any atom is -0.455 e. The van der Waals surface area contributed by atoms with Crippen molar-refractivity contribution in [3.05, 3.63) is 60.2 Å². The minimum atomic E-state index is -0.556. The van der Waals surface area contributed by atoms with Gasteiger partial charge in [0.25, 0.3) is 5.91 Å². The SMILES string of the molecule is O=C(C[N+]12CCC(CC1)[C@@H](OC(=O)C1(c3ccccc3)CCCCCC1)C2)Nc1noc2ccccc12. The van der Waals surface area contributed by atoms with E-state index in [0.717, 1.165) is 62.6 Å². The topological polar surface area (TPSA) is 81.4 Å². The first kappa shape index (κ1) is 24.2.